The summed E-state index contributed by atoms with van der Waals surface area (Å²) in [7, 11) is 0. The van der Waals surface area contributed by atoms with Gasteiger partial charge in [-0.05, 0) is 43.2 Å². The van der Waals surface area contributed by atoms with E-state index in [2.05, 4.69) is 35.8 Å². The number of hydrogen-bond acceptors (Lipinski definition) is 4. The molecule has 2 aromatic carbocycles. The number of aryl methyl sites for hydroxylation is 2. The van der Waals surface area contributed by atoms with Crippen LogP contribution in [0.4, 0.5) is 17.2 Å². The molecule has 0 fully saturated rings. The van der Waals surface area contributed by atoms with E-state index in [0.717, 1.165) is 58.2 Å². The molecular formula is C24H25N5O. The number of carbonyl (C=O) groups excluding carboxylic acids is 1. The largest absolute Gasteiger partial charge is 0.340 e. The highest BCUT2D eigenvalue weighted by Crippen LogP contribution is 2.30. The quantitative estimate of drug-likeness (QED) is 0.458. The lowest BCUT2D eigenvalue weighted by atomic mass is 10.1. The number of hydrogen-bond donors (Lipinski definition) is 2. The third-order valence-electron chi connectivity index (χ3n) is 4.86. The van der Waals surface area contributed by atoms with Crippen LogP contribution in [0, 0.1) is 6.92 Å². The minimum Gasteiger partial charge on any atom is -0.340 e. The smallest absolute Gasteiger partial charge is 0.221 e. The molecule has 2 N–H and O–H groups in total. The maximum absolute atomic E-state index is 11.2. The molecule has 2 aromatic heterocycles. The van der Waals surface area contributed by atoms with Crippen molar-refractivity contribution in [1.29, 1.82) is 0 Å². The molecule has 0 unspecified atom stereocenters. The number of anilines is 3. The van der Waals surface area contributed by atoms with Gasteiger partial charge < -0.3 is 10.6 Å². The summed E-state index contributed by atoms with van der Waals surface area (Å²) in [6.45, 7) is 5.67. The van der Waals surface area contributed by atoms with Crippen molar-refractivity contribution in [1.82, 2.24) is 14.6 Å². The zero-order valence-corrected chi connectivity index (χ0v) is 17.4. The first-order valence-electron chi connectivity index (χ1n) is 10.1. The van der Waals surface area contributed by atoms with E-state index in [9.17, 15) is 4.79 Å². The summed E-state index contributed by atoms with van der Waals surface area (Å²) in [5, 5.41) is 11.0. The van der Waals surface area contributed by atoms with Crippen LogP contribution in [0.15, 0.2) is 60.7 Å². The van der Waals surface area contributed by atoms with Gasteiger partial charge in [0.2, 0.25) is 5.91 Å². The number of carbonyl (C=O) groups is 1. The molecule has 0 saturated carbocycles. The molecule has 2 heterocycles. The summed E-state index contributed by atoms with van der Waals surface area (Å²) in [5.41, 5.74) is 6.65. The van der Waals surface area contributed by atoms with E-state index in [-0.39, 0.29) is 5.91 Å². The summed E-state index contributed by atoms with van der Waals surface area (Å²) < 4.78 is 1.87. The standard InChI is InChI=1S/C24H25N5O/c1-4-8-21-15-22(26-20-13-11-19(12-14-20)25-17(3)30)29-24(27-21)23(16(2)28-29)18-9-6-5-7-10-18/h5-7,9-15,26H,4,8H2,1-3H3,(H,25,30). The molecule has 0 atom stereocenters. The Bertz CT molecular complexity index is 1180. The van der Waals surface area contributed by atoms with Crippen LogP contribution in [0.2, 0.25) is 0 Å². The summed E-state index contributed by atoms with van der Waals surface area (Å²) in [6, 6.07) is 19.9. The van der Waals surface area contributed by atoms with E-state index in [0.29, 0.717) is 0 Å². The molecule has 6 nitrogen and oxygen atoms in total. The molecule has 4 aromatic rings. The van der Waals surface area contributed by atoms with Gasteiger partial charge in [0.05, 0.1) is 5.69 Å². The Morgan fingerprint density at radius 2 is 1.73 bits per heavy atom. The lowest BCUT2D eigenvalue weighted by molar-refractivity contribution is -0.114. The summed E-state index contributed by atoms with van der Waals surface area (Å²) >= 11 is 0. The minimum atomic E-state index is -0.0868. The van der Waals surface area contributed by atoms with Crippen LogP contribution in [-0.2, 0) is 11.2 Å². The van der Waals surface area contributed by atoms with E-state index < -0.39 is 0 Å². The molecule has 0 aliphatic carbocycles. The summed E-state index contributed by atoms with van der Waals surface area (Å²) in [6.07, 6.45) is 1.91. The van der Waals surface area contributed by atoms with Gasteiger partial charge in [0.1, 0.15) is 5.82 Å². The molecule has 30 heavy (non-hydrogen) atoms. The van der Waals surface area contributed by atoms with Gasteiger partial charge in [-0.2, -0.15) is 9.61 Å². The normalized spacial score (nSPS) is 10.9. The van der Waals surface area contributed by atoms with Crippen molar-refractivity contribution in [3.8, 4) is 11.1 Å². The minimum absolute atomic E-state index is 0.0868. The van der Waals surface area contributed by atoms with Crippen LogP contribution in [0.3, 0.4) is 0 Å². The van der Waals surface area contributed by atoms with Gasteiger partial charge in [-0.15, -0.1) is 0 Å². The molecule has 0 bridgehead atoms. The van der Waals surface area contributed by atoms with Crippen molar-refractivity contribution in [3.05, 3.63) is 72.1 Å². The zero-order valence-electron chi connectivity index (χ0n) is 17.4. The lowest BCUT2D eigenvalue weighted by Crippen LogP contribution is -2.06. The first-order chi connectivity index (χ1) is 14.5. The van der Waals surface area contributed by atoms with E-state index >= 15 is 0 Å². The van der Waals surface area contributed by atoms with Gasteiger partial charge in [-0.25, -0.2) is 4.98 Å². The highest BCUT2D eigenvalue weighted by atomic mass is 16.1. The number of amides is 1. The second-order valence-corrected chi connectivity index (χ2v) is 7.33. The van der Waals surface area contributed by atoms with Crippen molar-refractivity contribution >= 4 is 28.7 Å². The fourth-order valence-electron chi connectivity index (χ4n) is 3.58. The third kappa shape index (κ3) is 4.03. The Morgan fingerprint density at radius 3 is 2.40 bits per heavy atom. The molecule has 4 rings (SSSR count). The maximum atomic E-state index is 11.2. The van der Waals surface area contributed by atoms with E-state index in [1.807, 2.05) is 53.9 Å². The van der Waals surface area contributed by atoms with Crippen molar-refractivity contribution in [3.63, 3.8) is 0 Å². The van der Waals surface area contributed by atoms with E-state index in [1.54, 1.807) is 0 Å². The Hall–Kier alpha value is -3.67. The Kier molecular flexibility index (Phi) is 5.48. The first kappa shape index (κ1) is 19.6. The fourth-order valence-corrected chi connectivity index (χ4v) is 3.58. The van der Waals surface area contributed by atoms with Crippen LogP contribution in [0.25, 0.3) is 16.8 Å². The van der Waals surface area contributed by atoms with Gasteiger partial charge >= 0.3 is 0 Å². The van der Waals surface area contributed by atoms with Gasteiger partial charge in [0, 0.05) is 35.6 Å². The van der Waals surface area contributed by atoms with Gasteiger partial charge in [-0.3, -0.25) is 4.79 Å². The molecule has 1 amide bonds. The second-order valence-electron chi connectivity index (χ2n) is 7.33. The zero-order chi connectivity index (χ0) is 21.1. The van der Waals surface area contributed by atoms with Crippen LogP contribution < -0.4 is 10.6 Å². The molecule has 0 spiro atoms. The van der Waals surface area contributed by atoms with E-state index in [1.165, 1.54) is 6.92 Å². The Morgan fingerprint density at radius 1 is 1.03 bits per heavy atom. The number of rotatable bonds is 6. The molecule has 0 aliphatic heterocycles. The molecule has 0 aliphatic rings. The highest BCUT2D eigenvalue weighted by molar-refractivity contribution is 5.89. The molecule has 6 heteroatoms. The van der Waals surface area contributed by atoms with Gasteiger partial charge in [0.25, 0.3) is 0 Å². The predicted molar refractivity (Wildman–Crippen MR) is 121 cm³/mol. The van der Waals surface area contributed by atoms with Crippen molar-refractivity contribution in [2.75, 3.05) is 10.6 Å². The third-order valence-corrected chi connectivity index (χ3v) is 4.86. The number of fused-ring (bicyclic) bond motifs is 1. The van der Waals surface area contributed by atoms with Crippen LogP contribution in [-0.4, -0.2) is 20.5 Å². The lowest BCUT2D eigenvalue weighted by Gasteiger charge is -2.12. The van der Waals surface area contributed by atoms with Crippen molar-refractivity contribution < 1.29 is 4.79 Å². The number of nitrogens with one attached hydrogen (secondary N) is 2. The summed E-state index contributed by atoms with van der Waals surface area (Å²) in [4.78, 5) is 16.2. The highest BCUT2D eigenvalue weighted by Gasteiger charge is 2.16. The Balaban J connectivity index is 1.78. The molecular weight excluding hydrogens is 374 g/mol. The van der Waals surface area contributed by atoms with Crippen LogP contribution in [0.5, 0.6) is 0 Å². The second kappa shape index (κ2) is 8.37. The fraction of sp³-hybridized carbons (Fsp3) is 0.208. The topological polar surface area (TPSA) is 71.3 Å². The Labute approximate surface area is 176 Å². The van der Waals surface area contributed by atoms with Crippen LogP contribution >= 0.6 is 0 Å². The number of nitrogens with zero attached hydrogens (tertiary/aromatic N) is 3. The monoisotopic (exact) mass is 399 g/mol. The summed E-state index contributed by atoms with van der Waals surface area (Å²) in [5.74, 6) is 0.775. The predicted octanol–water partition coefficient (Wildman–Crippen LogP) is 5.36. The molecule has 0 saturated heterocycles. The first-order valence-corrected chi connectivity index (χ1v) is 10.1. The maximum Gasteiger partial charge on any atom is 0.221 e. The molecule has 0 radical (unpaired) electrons. The molecule has 152 valence electrons. The van der Waals surface area contributed by atoms with Crippen LogP contribution in [0.1, 0.15) is 31.7 Å². The van der Waals surface area contributed by atoms with Gasteiger partial charge in [-0.1, -0.05) is 43.7 Å². The average molecular weight is 399 g/mol. The van der Waals surface area contributed by atoms with Gasteiger partial charge in [0.15, 0.2) is 5.65 Å². The number of aromatic nitrogens is 3. The SMILES string of the molecule is CCCc1cc(Nc2ccc(NC(C)=O)cc2)n2nc(C)c(-c3ccccc3)c2n1. The van der Waals surface area contributed by atoms with Crippen molar-refractivity contribution in [2.24, 2.45) is 0 Å². The number of benzene rings is 2. The van der Waals surface area contributed by atoms with E-state index in [4.69, 9.17) is 10.1 Å². The van der Waals surface area contributed by atoms with Crippen molar-refractivity contribution in [2.45, 2.75) is 33.6 Å². The average Bonchev–Trinajstić information content (AvgIpc) is 3.06.